The maximum atomic E-state index is 12.3. The van der Waals surface area contributed by atoms with Crippen LogP contribution in [0.5, 0.6) is 0 Å². The maximum absolute atomic E-state index is 12.3. The molecule has 88 valence electrons. The van der Waals surface area contributed by atoms with Crippen LogP contribution in [-0.2, 0) is 10.0 Å². The van der Waals surface area contributed by atoms with E-state index in [1.165, 1.54) is 15.6 Å². The van der Waals surface area contributed by atoms with Crippen LogP contribution in [0.3, 0.4) is 0 Å². The van der Waals surface area contributed by atoms with E-state index in [9.17, 15) is 8.42 Å². The van der Waals surface area contributed by atoms with E-state index in [0.717, 1.165) is 15.1 Å². The third-order valence-electron chi connectivity index (χ3n) is 2.48. The van der Waals surface area contributed by atoms with Crippen molar-refractivity contribution >= 4 is 37.3 Å². The summed E-state index contributed by atoms with van der Waals surface area (Å²) in [5, 5.41) is 0. The Morgan fingerprint density at radius 2 is 2.19 bits per heavy atom. The molecule has 2 heterocycles. The average Bonchev–Trinajstić information content (AvgIpc) is 2.60. The van der Waals surface area contributed by atoms with Gasteiger partial charge >= 0.3 is 0 Å². The largest absolute Gasteiger partial charge is 0.244 e. The molecule has 2 rings (SSSR count). The van der Waals surface area contributed by atoms with Gasteiger partial charge in [-0.2, -0.15) is 4.31 Å². The monoisotopic (exact) mass is 321 g/mol. The van der Waals surface area contributed by atoms with Crippen molar-refractivity contribution in [3.8, 4) is 0 Å². The Bertz CT molecular complexity index is 519. The van der Waals surface area contributed by atoms with Gasteiger partial charge in [0.2, 0.25) is 10.0 Å². The highest BCUT2D eigenvalue weighted by Gasteiger charge is 2.27. The van der Waals surface area contributed by atoms with Crippen LogP contribution in [0, 0.1) is 6.92 Å². The van der Waals surface area contributed by atoms with Crippen molar-refractivity contribution in [2.75, 3.05) is 13.1 Å². The zero-order valence-corrected chi connectivity index (χ0v) is 12.0. The number of thiophene rings is 1. The molecule has 6 heteroatoms. The zero-order chi connectivity index (χ0) is 11.8. The quantitative estimate of drug-likeness (QED) is 0.785. The second-order valence-electron chi connectivity index (χ2n) is 3.59. The van der Waals surface area contributed by atoms with Gasteiger partial charge in [0.1, 0.15) is 0 Å². The molecule has 0 atom stereocenters. The molecule has 1 aromatic rings. The summed E-state index contributed by atoms with van der Waals surface area (Å²) in [6, 6.07) is 1.69. The Morgan fingerprint density at radius 3 is 2.69 bits per heavy atom. The summed E-state index contributed by atoms with van der Waals surface area (Å²) in [7, 11) is -3.31. The minimum atomic E-state index is -3.31. The number of rotatable bonds is 2. The number of hydrogen-bond donors (Lipinski definition) is 0. The van der Waals surface area contributed by atoms with Crippen LogP contribution in [0.15, 0.2) is 26.9 Å². The fraction of sp³-hybridized carbons (Fsp3) is 0.400. The molecule has 0 amide bonds. The molecule has 1 aliphatic rings. The van der Waals surface area contributed by atoms with Crippen molar-refractivity contribution in [1.29, 1.82) is 0 Å². The highest BCUT2D eigenvalue weighted by molar-refractivity contribution is 9.11. The van der Waals surface area contributed by atoms with Gasteiger partial charge in [-0.1, -0.05) is 12.2 Å². The Morgan fingerprint density at radius 1 is 1.44 bits per heavy atom. The number of nitrogens with zero attached hydrogens (tertiary/aromatic N) is 1. The third kappa shape index (κ3) is 2.25. The Balaban J connectivity index is 2.38. The molecule has 0 spiro atoms. The van der Waals surface area contributed by atoms with Crippen molar-refractivity contribution in [3.63, 3.8) is 0 Å². The molecular formula is C10H12BrNO2S2. The van der Waals surface area contributed by atoms with E-state index in [4.69, 9.17) is 0 Å². The Hall–Kier alpha value is -0.170. The molecule has 0 N–H and O–H groups in total. The lowest BCUT2D eigenvalue weighted by atomic mass is 10.3. The Kier molecular flexibility index (Phi) is 3.53. The SMILES string of the molecule is Cc1sc(Br)cc1S(=O)(=O)N1CC=CCC1. The maximum Gasteiger partial charge on any atom is 0.244 e. The zero-order valence-electron chi connectivity index (χ0n) is 8.81. The van der Waals surface area contributed by atoms with Gasteiger partial charge in [0.25, 0.3) is 0 Å². The summed E-state index contributed by atoms with van der Waals surface area (Å²) in [6.45, 7) is 2.89. The summed E-state index contributed by atoms with van der Waals surface area (Å²) in [6.07, 6.45) is 4.71. The van der Waals surface area contributed by atoms with E-state index >= 15 is 0 Å². The number of aryl methyl sites for hydroxylation is 1. The van der Waals surface area contributed by atoms with Gasteiger partial charge in [-0.15, -0.1) is 11.3 Å². The molecular weight excluding hydrogens is 310 g/mol. The first-order valence-corrected chi connectivity index (χ1v) is 7.98. The number of sulfonamides is 1. The minimum absolute atomic E-state index is 0.430. The summed E-state index contributed by atoms with van der Waals surface area (Å²) in [5.41, 5.74) is 0. The van der Waals surface area contributed by atoms with Gasteiger partial charge in [-0.05, 0) is 35.3 Å². The third-order valence-corrected chi connectivity index (χ3v) is 6.15. The van der Waals surface area contributed by atoms with E-state index in [0.29, 0.717) is 18.0 Å². The molecule has 16 heavy (non-hydrogen) atoms. The fourth-order valence-corrected chi connectivity index (χ4v) is 5.45. The first-order valence-electron chi connectivity index (χ1n) is 4.93. The molecule has 0 fully saturated rings. The summed E-state index contributed by atoms with van der Waals surface area (Å²) in [4.78, 5) is 1.26. The van der Waals surface area contributed by atoms with Crippen LogP contribution in [0.25, 0.3) is 0 Å². The molecule has 0 unspecified atom stereocenters. The minimum Gasteiger partial charge on any atom is -0.207 e. The van der Waals surface area contributed by atoms with Crippen LogP contribution >= 0.6 is 27.3 Å². The first kappa shape index (κ1) is 12.3. The standard InChI is InChI=1S/C10H12BrNO2S2/c1-8-9(7-10(11)15-8)16(13,14)12-5-3-2-4-6-12/h2-3,7H,4-6H2,1H3. The van der Waals surface area contributed by atoms with E-state index in [1.807, 2.05) is 19.1 Å². The smallest absolute Gasteiger partial charge is 0.207 e. The van der Waals surface area contributed by atoms with E-state index in [1.54, 1.807) is 6.07 Å². The van der Waals surface area contributed by atoms with Crippen molar-refractivity contribution in [1.82, 2.24) is 4.31 Å². The summed E-state index contributed by atoms with van der Waals surface area (Å²) < 4.78 is 27.0. The van der Waals surface area contributed by atoms with Crippen LogP contribution in [-0.4, -0.2) is 25.8 Å². The normalized spacial score (nSPS) is 17.9. The molecule has 0 radical (unpaired) electrons. The molecule has 0 saturated heterocycles. The van der Waals surface area contributed by atoms with E-state index in [2.05, 4.69) is 15.9 Å². The summed E-state index contributed by atoms with van der Waals surface area (Å²) >= 11 is 4.77. The Labute approximate surface area is 108 Å². The van der Waals surface area contributed by atoms with Crippen molar-refractivity contribution in [2.24, 2.45) is 0 Å². The van der Waals surface area contributed by atoms with Crippen molar-refractivity contribution in [2.45, 2.75) is 18.2 Å². The molecule has 0 aliphatic carbocycles. The molecule has 0 bridgehead atoms. The second kappa shape index (κ2) is 4.60. The van der Waals surface area contributed by atoms with Gasteiger partial charge in [0.15, 0.2) is 0 Å². The predicted octanol–water partition coefficient (Wildman–Crippen LogP) is 2.77. The van der Waals surface area contributed by atoms with Crippen molar-refractivity contribution in [3.05, 3.63) is 26.9 Å². The topological polar surface area (TPSA) is 37.4 Å². The second-order valence-corrected chi connectivity index (χ2v) is 8.14. The summed E-state index contributed by atoms with van der Waals surface area (Å²) in [5.74, 6) is 0. The van der Waals surface area contributed by atoms with Gasteiger partial charge in [0.05, 0.1) is 8.68 Å². The molecule has 0 aromatic carbocycles. The van der Waals surface area contributed by atoms with Crippen LogP contribution < -0.4 is 0 Å². The van der Waals surface area contributed by atoms with Crippen LogP contribution in [0.4, 0.5) is 0 Å². The fourth-order valence-electron chi connectivity index (χ4n) is 1.66. The lowest BCUT2D eigenvalue weighted by Crippen LogP contribution is -2.33. The van der Waals surface area contributed by atoms with Crippen molar-refractivity contribution < 1.29 is 8.42 Å². The predicted molar refractivity (Wildman–Crippen MR) is 69.3 cm³/mol. The van der Waals surface area contributed by atoms with Crippen LogP contribution in [0.2, 0.25) is 0 Å². The lowest BCUT2D eigenvalue weighted by Gasteiger charge is -2.22. The molecule has 0 saturated carbocycles. The van der Waals surface area contributed by atoms with Crippen LogP contribution in [0.1, 0.15) is 11.3 Å². The van der Waals surface area contributed by atoms with E-state index < -0.39 is 10.0 Å². The van der Waals surface area contributed by atoms with Gasteiger partial charge in [-0.3, -0.25) is 0 Å². The molecule has 1 aliphatic heterocycles. The number of hydrogen-bond acceptors (Lipinski definition) is 3. The molecule has 1 aromatic heterocycles. The van der Waals surface area contributed by atoms with Gasteiger partial charge in [0, 0.05) is 18.0 Å². The first-order chi connectivity index (χ1) is 7.51. The van der Waals surface area contributed by atoms with Gasteiger partial charge in [-0.25, -0.2) is 8.42 Å². The van der Waals surface area contributed by atoms with E-state index in [-0.39, 0.29) is 0 Å². The lowest BCUT2D eigenvalue weighted by molar-refractivity contribution is 0.437. The molecule has 3 nitrogen and oxygen atoms in total. The highest BCUT2D eigenvalue weighted by atomic mass is 79.9. The average molecular weight is 322 g/mol. The number of halogens is 1. The van der Waals surface area contributed by atoms with Gasteiger partial charge < -0.3 is 0 Å². The highest BCUT2D eigenvalue weighted by Crippen LogP contribution is 2.31.